The van der Waals surface area contributed by atoms with Gasteiger partial charge in [-0.3, -0.25) is 4.98 Å². The normalized spacial score (nSPS) is 11.1. The first-order chi connectivity index (χ1) is 9.79. The van der Waals surface area contributed by atoms with E-state index >= 15 is 0 Å². The van der Waals surface area contributed by atoms with Crippen molar-refractivity contribution >= 4 is 33.8 Å². The first-order valence-corrected chi connectivity index (χ1v) is 7.82. The molecule has 1 N–H and O–H groups in total. The van der Waals surface area contributed by atoms with Gasteiger partial charge in [-0.2, -0.15) is 0 Å². The molecule has 1 aromatic carbocycles. The second-order valence-corrected chi connectivity index (χ2v) is 6.12. The van der Waals surface area contributed by atoms with Gasteiger partial charge in [-0.15, -0.1) is 11.3 Å². The van der Waals surface area contributed by atoms with Crippen LogP contribution in [0.3, 0.4) is 0 Å². The number of pyridine rings is 1. The average Bonchev–Trinajstić information content (AvgIpc) is 2.94. The van der Waals surface area contributed by atoms with Crippen LogP contribution >= 0.6 is 22.9 Å². The van der Waals surface area contributed by atoms with Gasteiger partial charge in [0.1, 0.15) is 0 Å². The van der Waals surface area contributed by atoms with Gasteiger partial charge >= 0.3 is 0 Å². The largest absolute Gasteiger partial charge is 0.312 e. The number of halogens is 1. The van der Waals surface area contributed by atoms with Gasteiger partial charge < -0.3 is 5.32 Å². The van der Waals surface area contributed by atoms with E-state index in [4.69, 9.17) is 11.6 Å². The van der Waals surface area contributed by atoms with Crippen LogP contribution in [0.15, 0.2) is 42.6 Å². The van der Waals surface area contributed by atoms with E-state index in [-0.39, 0.29) is 0 Å². The molecule has 0 radical (unpaired) electrons. The first-order valence-electron chi connectivity index (χ1n) is 6.62. The van der Waals surface area contributed by atoms with Crippen molar-refractivity contribution in [3.63, 3.8) is 0 Å². The minimum atomic E-state index is 0.751. The van der Waals surface area contributed by atoms with Gasteiger partial charge in [-0.05, 0) is 42.9 Å². The molecular formula is C16H15ClN2S. The molecule has 2 aromatic heterocycles. The Bertz CT molecular complexity index is 736. The molecule has 0 aliphatic carbocycles. The van der Waals surface area contributed by atoms with Gasteiger partial charge in [0.25, 0.3) is 0 Å². The van der Waals surface area contributed by atoms with Crippen LogP contribution in [0.2, 0.25) is 5.02 Å². The van der Waals surface area contributed by atoms with Gasteiger partial charge in [0.05, 0.1) is 10.5 Å². The van der Waals surface area contributed by atoms with Crippen molar-refractivity contribution in [2.75, 3.05) is 6.54 Å². The van der Waals surface area contributed by atoms with Crippen molar-refractivity contribution in [2.45, 2.75) is 13.5 Å². The van der Waals surface area contributed by atoms with Gasteiger partial charge in [-0.1, -0.05) is 18.5 Å². The summed E-state index contributed by atoms with van der Waals surface area (Å²) in [6.45, 7) is 4.02. The topological polar surface area (TPSA) is 24.9 Å². The SMILES string of the molecule is CCNCc1ccc(-c2ccc(Cl)c3cccnc23)s1. The van der Waals surface area contributed by atoms with Crippen molar-refractivity contribution in [2.24, 2.45) is 0 Å². The highest BCUT2D eigenvalue weighted by Gasteiger charge is 2.09. The molecule has 102 valence electrons. The number of aromatic nitrogens is 1. The van der Waals surface area contributed by atoms with Crippen molar-refractivity contribution in [1.29, 1.82) is 0 Å². The standard InChI is InChI=1S/C16H15ClN2S/c1-2-18-10-11-5-8-15(20-11)13-6-7-14(17)12-4-3-9-19-16(12)13/h3-9,18H,2,10H2,1H3. The maximum absolute atomic E-state index is 6.24. The molecule has 0 atom stereocenters. The quantitative estimate of drug-likeness (QED) is 0.754. The number of nitrogens with zero attached hydrogens (tertiary/aromatic N) is 1. The van der Waals surface area contributed by atoms with Crippen LogP contribution in [0, 0.1) is 0 Å². The van der Waals surface area contributed by atoms with Gasteiger partial charge in [0.15, 0.2) is 0 Å². The zero-order chi connectivity index (χ0) is 13.9. The fraction of sp³-hybridized carbons (Fsp3) is 0.188. The van der Waals surface area contributed by atoms with Crippen LogP contribution in [0.1, 0.15) is 11.8 Å². The number of nitrogens with one attached hydrogen (secondary N) is 1. The van der Waals surface area contributed by atoms with E-state index in [1.807, 2.05) is 24.4 Å². The summed E-state index contributed by atoms with van der Waals surface area (Å²) in [5.74, 6) is 0. The number of hydrogen-bond acceptors (Lipinski definition) is 3. The third-order valence-electron chi connectivity index (χ3n) is 3.19. The van der Waals surface area contributed by atoms with Crippen molar-refractivity contribution in [3.8, 4) is 10.4 Å². The van der Waals surface area contributed by atoms with Crippen molar-refractivity contribution in [1.82, 2.24) is 10.3 Å². The highest BCUT2D eigenvalue weighted by atomic mass is 35.5. The van der Waals surface area contributed by atoms with Crippen LogP contribution < -0.4 is 5.32 Å². The Kier molecular flexibility index (Phi) is 4.01. The van der Waals surface area contributed by atoms with Crippen molar-refractivity contribution < 1.29 is 0 Å². The highest BCUT2D eigenvalue weighted by molar-refractivity contribution is 7.15. The van der Waals surface area contributed by atoms with E-state index in [1.54, 1.807) is 11.3 Å². The lowest BCUT2D eigenvalue weighted by Crippen LogP contribution is -2.10. The first kappa shape index (κ1) is 13.6. The molecule has 0 saturated heterocycles. The van der Waals surface area contributed by atoms with Gasteiger partial charge in [-0.25, -0.2) is 0 Å². The van der Waals surface area contributed by atoms with Gasteiger partial charge in [0, 0.05) is 33.4 Å². The molecule has 2 nitrogen and oxygen atoms in total. The molecule has 3 aromatic rings. The number of rotatable bonds is 4. The predicted molar refractivity (Wildman–Crippen MR) is 87.4 cm³/mol. The Morgan fingerprint density at radius 3 is 2.95 bits per heavy atom. The summed E-state index contributed by atoms with van der Waals surface area (Å²) in [5, 5.41) is 5.11. The summed E-state index contributed by atoms with van der Waals surface area (Å²) < 4.78 is 0. The lowest BCUT2D eigenvalue weighted by molar-refractivity contribution is 0.735. The second-order valence-electron chi connectivity index (χ2n) is 4.54. The molecule has 0 fully saturated rings. The van der Waals surface area contributed by atoms with E-state index in [2.05, 4.69) is 35.4 Å². The Morgan fingerprint density at radius 2 is 2.10 bits per heavy atom. The molecule has 3 rings (SSSR count). The molecule has 0 bridgehead atoms. The number of thiophene rings is 1. The van der Waals surface area contributed by atoms with E-state index in [0.29, 0.717) is 0 Å². The number of fused-ring (bicyclic) bond motifs is 1. The number of hydrogen-bond donors (Lipinski definition) is 1. The fourth-order valence-corrected chi connectivity index (χ4v) is 3.42. The average molecular weight is 303 g/mol. The maximum atomic E-state index is 6.24. The summed E-state index contributed by atoms with van der Waals surface area (Å²) in [4.78, 5) is 7.07. The van der Waals surface area contributed by atoms with E-state index in [0.717, 1.165) is 34.6 Å². The molecule has 4 heteroatoms. The lowest BCUT2D eigenvalue weighted by atomic mass is 10.1. The zero-order valence-corrected chi connectivity index (χ0v) is 12.8. The van der Waals surface area contributed by atoms with E-state index in [1.165, 1.54) is 9.75 Å². The Labute approximate surface area is 127 Å². The number of benzene rings is 1. The minimum Gasteiger partial charge on any atom is -0.312 e. The maximum Gasteiger partial charge on any atom is 0.0803 e. The smallest absolute Gasteiger partial charge is 0.0803 e. The van der Waals surface area contributed by atoms with Gasteiger partial charge in [0.2, 0.25) is 0 Å². The lowest BCUT2D eigenvalue weighted by Gasteiger charge is -2.05. The van der Waals surface area contributed by atoms with E-state index in [9.17, 15) is 0 Å². The summed E-state index contributed by atoms with van der Waals surface area (Å²) in [6.07, 6.45) is 1.81. The predicted octanol–water partition coefficient (Wildman–Crippen LogP) is 4.73. The van der Waals surface area contributed by atoms with E-state index < -0.39 is 0 Å². The highest BCUT2D eigenvalue weighted by Crippen LogP contribution is 2.35. The monoisotopic (exact) mass is 302 g/mol. The third kappa shape index (κ3) is 2.57. The third-order valence-corrected chi connectivity index (χ3v) is 4.64. The van der Waals surface area contributed by atoms with Crippen LogP contribution in [0.5, 0.6) is 0 Å². The van der Waals surface area contributed by atoms with Crippen molar-refractivity contribution in [3.05, 3.63) is 52.5 Å². The molecular weight excluding hydrogens is 288 g/mol. The Morgan fingerprint density at radius 1 is 1.20 bits per heavy atom. The van der Waals surface area contributed by atoms with Crippen LogP contribution in [-0.4, -0.2) is 11.5 Å². The molecule has 0 saturated carbocycles. The summed E-state index contributed by atoms with van der Waals surface area (Å²) in [7, 11) is 0. The molecule has 2 heterocycles. The fourth-order valence-electron chi connectivity index (χ4n) is 2.20. The molecule has 20 heavy (non-hydrogen) atoms. The summed E-state index contributed by atoms with van der Waals surface area (Å²) in [6, 6.07) is 12.3. The Hall–Kier alpha value is -1.42. The van der Waals surface area contributed by atoms with Crippen LogP contribution in [0.25, 0.3) is 21.3 Å². The van der Waals surface area contributed by atoms with Crippen LogP contribution in [0.4, 0.5) is 0 Å². The molecule has 0 aliphatic rings. The Balaban J connectivity index is 2.06. The molecule has 0 amide bonds. The zero-order valence-electron chi connectivity index (χ0n) is 11.2. The molecule has 0 unspecified atom stereocenters. The molecule has 0 aliphatic heterocycles. The second kappa shape index (κ2) is 5.92. The van der Waals surface area contributed by atoms with Crippen LogP contribution in [-0.2, 0) is 6.54 Å². The summed E-state index contributed by atoms with van der Waals surface area (Å²) >= 11 is 8.04. The minimum absolute atomic E-state index is 0.751. The molecule has 0 spiro atoms. The summed E-state index contributed by atoms with van der Waals surface area (Å²) in [5.41, 5.74) is 2.12.